The summed E-state index contributed by atoms with van der Waals surface area (Å²) in [5.41, 5.74) is 4.40. The van der Waals surface area contributed by atoms with Gasteiger partial charge in [0.15, 0.2) is 0 Å². The molecule has 18 heavy (non-hydrogen) atoms. The number of nitrogens with two attached hydrogens (primary N) is 1. The molecule has 4 N–H and O–H groups in total. The minimum Gasteiger partial charge on any atom is -0.444 e. The van der Waals surface area contributed by atoms with E-state index in [4.69, 9.17) is 10.5 Å². The van der Waals surface area contributed by atoms with E-state index in [2.05, 4.69) is 5.32 Å². The predicted molar refractivity (Wildman–Crippen MR) is 70.2 cm³/mol. The van der Waals surface area contributed by atoms with Crippen molar-refractivity contribution in [1.82, 2.24) is 5.32 Å². The van der Waals surface area contributed by atoms with Crippen molar-refractivity contribution in [2.24, 2.45) is 5.73 Å². The molecule has 0 bridgehead atoms. The molecule has 0 saturated heterocycles. The third kappa shape index (κ3) is 4.14. The van der Waals surface area contributed by atoms with E-state index < -0.39 is 23.3 Å². The van der Waals surface area contributed by atoms with Crippen molar-refractivity contribution in [1.29, 1.82) is 0 Å². The Hall–Kier alpha value is -0.810. The molecular formula is C13H26N2O3. The molecule has 106 valence electrons. The van der Waals surface area contributed by atoms with Crippen LogP contribution in [0.15, 0.2) is 0 Å². The van der Waals surface area contributed by atoms with Gasteiger partial charge in [-0.3, -0.25) is 0 Å². The van der Waals surface area contributed by atoms with Gasteiger partial charge in [0.25, 0.3) is 0 Å². The topological polar surface area (TPSA) is 84.6 Å². The number of hydrogen-bond acceptors (Lipinski definition) is 4. The van der Waals surface area contributed by atoms with Crippen LogP contribution in [0.4, 0.5) is 4.79 Å². The number of nitrogens with one attached hydrogen (secondary N) is 1. The summed E-state index contributed by atoms with van der Waals surface area (Å²) in [4.78, 5) is 11.9. The average Bonchev–Trinajstić information content (AvgIpc) is 2.26. The Morgan fingerprint density at radius 2 is 1.94 bits per heavy atom. The Labute approximate surface area is 109 Å². The van der Waals surface area contributed by atoms with E-state index in [0.29, 0.717) is 0 Å². The van der Waals surface area contributed by atoms with E-state index in [1.54, 1.807) is 0 Å². The highest BCUT2D eigenvalue weighted by atomic mass is 16.6. The van der Waals surface area contributed by atoms with Crippen LogP contribution in [0.1, 0.15) is 52.9 Å². The minimum absolute atomic E-state index is 0.149. The highest BCUT2D eigenvalue weighted by Gasteiger charge is 2.40. The molecule has 0 aromatic heterocycles. The average molecular weight is 258 g/mol. The fourth-order valence-electron chi connectivity index (χ4n) is 2.46. The van der Waals surface area contributed by atoms with Gasteiger partial charge in [-0.1, -0.05) is 19.3 Å². The van der Waals surface area contributed by atoms with Crippen molar-refractivity contribution in [3.63, 3.8) is 0 Å². The van der Waals surface area contributed by atoms with Crippen LogP contribution < -0.4 is 11.1 Å². The van der Waals surface area contributed by atoms with Crippen molar-refractivity contribution in [2.75, 3.05) is 6.54 Å². The highest BCUT2D eigenvalue weighted by molar-refractivity contribution is 5.69. The number of hydrogen-bond donors (Lipinski definition) is 3. The number of aliphatic hydroxyl groups excluding tert-OH is 1. The number of alkyl carbamates (subject to hydrolysis) is 1. The fourth-order valence-corrected chi connectivity index (χ4v) is 2.46. The summed E-state index contributed by atoms with van der Waals surface area (Å²) in [5.74, 6) is 0. The van der Waals surface area contributed by atoms with E-state index in [0.717, 1.165) is 32.1 Å². The third-order valence-electron chi connectivity index (χ3n) is 3.36. The molecule has 1 rings (SSSR count). The van der Waals surface area contributed by atoms with Crippen LogP contribution in [0.2, 0.25) is 0 Å². The van der Waals surface area contributed by atoms with E-state index in [-0.39, 0.29) is 6.54 Å². The lowest BCUT2D eigenvalue weighted by atomic mass is 9.77. The molecule has 5 heteroatoms. The summed E-state index contributed by atoms with van der Waals surface area (Å²) in [5, 5.41) is 12.9. The second kappa shape index (κ2) is 5.89. The first-order valence-electron chi connectivity index (χ1n) is 6.68. The maximum Gasteiger partial charge on any atom is 0.408 e. The van der Waals surface area contributed by atoms with Crippen molar-refractivity contribution in [3.8, 4) is 0 Å². The lowest BCUT2D eigenvalue weighted by Gasteiger charge is -2.41. The summed E-state index contributed by atoms with van der Waals surface area (Å²) in [6.07, 6.45) is 3.44. The summed E-state index contributed by atoms with van der Waals surface area (Å²) in [7, 11) is 0. The van der Waals surface area contributed by atoms with Crippen LogP contribution in [0, 0.1) is 0 Å². The smallest absolute Gasteiger partial charge is 0.408 e. The van der Waals surface area contributed by atoms with E-state index in [1.165, 1.54) is 0 Å². The number of aliphatic hydroxyl groups is 1. The number of rotatable bonds is 3. The van der Waals surface area contributed by atoms with Gasteiger partial charge in [0.2, 0.25) is 0 Å². The van der Waals surface area contributed by atoms with Gasteiger partial charge in [-0.15, -0.1) is 0 Å². The molecule has 0 radical (unpaired) electrons. The number of carbonyl (C=O) groups is 1. The van der Waals surface area contributed by atoms with E-state index in [9.17, 15) is 9.90 Å². The zero-order valence-corrected chi connectivity index (χ0v) is 11.7. The SMILES string of the molecule is CC(C)(C)OC(=O)NC1(C(O)CN)CCCCC1. The summed E-state index contributed by atoms with van der Waals surface area (Å²) in [6.45, 7) is 5.61. The van der Waals surface area contributed by atoms with Crippen molar-refractivity contribution < 1.29 is 14.6 Å². The molecule has 0 aromatic carbocycles. The molecular weight excluding hydrogens is 232 g/mol. The third-order valence-corrected chi connectivity index (χ3v) is 3.36. The van der Waals surface area contributed by atoms with Crippen molar-refractivity contribution in [2.45, 2.75) is 70.1 Å². The van der Waals surface area contributed by atoms with Crippen molar-refractivity contribution >= 4 is 6.09 Å². The maximum absolute atomic E-state index is 11.9. The second-order valence-corrected chi connectivity index (χ2v) is 6.10. The van der Waals surface area contributed by atoms with Crippen LogP contribution in [0.3, 0.4) is 0 Å². The molecule has 0 aliphatic heterocycles. The van der Waals surface area contributed by atoms with Gasteiger partial charge in [0, 0.05) is 6.54 Å². The molecule has 1 fully saturated rings. The number of carbonyl (C=O) groups excluding carboxylic acids is 1. The summed E-state index contributed by atoms with van der Waals surface area (Å²) < 4.78 is 5.26. The normalized spacial score (nSPS) is 21.2. The Balaban J connectivity index is 2.70. The number of amides is 1. The zero-order valence-electron chi connectivity index (χ0n) is 11.7. The Morgan fingerprint density at radius 3 is 2.39 bits per heavy atom. The monoisotopic (exact) mass is 258 g/mol. The van der Waals surface area contributed by atoms with E-state index in [1.807, 2.05) is 20.8 Å². The fraction of sp³-hybridized carbons (Fsp3) is 0.923. The second-order valence-electron chi connectivity index (χ2n) is 6.10. The van der Waals surface area contributed by atoms with Crippen LogP contribution in [0.5, 0.6) is 0 Å². The molecule has 1 aliphatic carbocycles. The standard InChI is InChI=1S/C13H26N2O3/c1-12(2,3)18-11(17)15-13(10(16)9-14)7-5-4-6-8-13/h10,16H,4-9,14H2,1-3H3,(H,15,17). The van der Waals surface area contributed by atoms with Gasteiger partial charge in [0.05, 0.1) is 11.6 Å². The zero-order chi connectivity index (χ0) is 13.8. The van der Waals surface area contributed by atoms with Gasteiger partial charge < -0.3 is 20.9 Å². The molecule has 1 amide bonds. The van der Waals surface area contributed by atoms with Gasteiger partial charge in [-0.05, 0) is 33.6 Å². The summed E-state index contributed by atoms with van der Waals surface area (Å²) in [6, 6.07) is 0. The Kier molecular flexibility index (Phi) is 4.99. The van der Waals surface area contributed by atoms with Gasteiger partial charge in [0.1, 0.15) is 5.60 Å². The first-order chi connectivity index (χ1) is 8.29. The van der Waals surface area contributed by atoms with E-state index >= 15 is 0 Å². The van der Waals surface area contributed by atoms with Gasteiger partial charge in [-0.2, -0.15) is 0 Å². The minimum atomic E-state index is -0.717. The quantitative estimate of drug-likeness (QED) is 0.716. The molecule has 0 spiro atoms. The lowest BCUT2D eigenvalue weighted by molar-refractivity contribution is 0.0111. The largest absolute Gasteiger partial charge is 0.444 e. The first kappa shape index (κ1) is 15.2. The van der Waals surface area contributed by atoms with Gasteiger partial charge >= 0.3 is 6.09 Å². The molecule has 1 unspecified atom stereocenters. The first-order valence-corrected chi connectivity index (χ1v) is 6.68. The molecule has 0 heterocycles. The molecule has 0 aromatic rings. The maximum atomic E-state index is 11.9. The predicted octanol–water partition coefficient (Wildman–Crippen LogP) is 1.53. The molecule has 1 saturated carbocycles. The van der Waals surface area contributed by atoms with Gasteiger partial charge in [-0.25, -0.2) is 4.79 Å². The molecule has 1 aliphatic rings. The highest BCUT2D eigenvalue weighted by Crippen LogP contribution is 2.31. The van der Waals surface area contributed by atoms with Crippen LogP contribution in [0.25, 0.3) is 0 Å². The van der Waals surface area contributed by atoms with Crippen molar-refractivity contribution in [3.05, 3.63) is 0 Å². The van der Waals surface area contributed by atoms with Crippen LogP contribution in [-0.2, 0) is 4.74 Å². The Bertz CT molecular complexity index is 280. The molecule has 5 nitrogen and oxygen atoms in total. The number of ether oxygens (including phenoxy) is 1. The van der Waals surface area contributed by atoms with Crippen LogP contribution in [-0.4, -0.2) is 35.0 Å². The van der Waals surface area contributed by atoms with Crippen LogP contribution >= 0.6 is 0 Å². The Morgan fingerprint density at radius 1 is 1.39 bits per heavy atom. The molecule has 1 atom stereocenters. The lowest BCUT2D eigenvalue weighted by Crippen LogP contribution is -2.60. The summed E-state index contributed by atoms with van der Waals surface area (Å²) >= 11 is 0.